The molecule has 27 heavy (non-hydrogen) atoms. The van der Waals surface area contributed by atoms with Crippen molar-refractivity contribution in [2.45, 2.75) is 6.54 Å². The fraction of sp³-hybridized carbons (Fsp3) is 0.278. The minimum absolute atomic E-state index is 0.193. The molecule has 1 N–H and O–H groups in total. The van der Waals surface area contributed by atoms with Crippen LogP contribution in [0.5, 0.6) is 0 Å². The molecule has 0 unspecified atom stereocenters. The number of benzene rings is 1. The molecule has 1 aromatic heterocycles. The van der Waals surface area contributed by atoms with Crippen LogP contribution < -0.4 is 9.62 Å². The van der Waals surface area contributed by atoms with Gasteiger partial charge in [0, 0.05) is 38.6 Å². The minimum Gasteiger partial charge on any atom is -0.350 e. The molecule has 0 fully saturated rings. The SMILES string of the molecule is CN(C)C(=O)c1ccc(N(CC(=O)NCc2cccnc2)S(C)(=O)=O)cc1. The highest BCUT2D eigenvalue weighted by Crippen LogP contribution is 2.18. The molecule has 2 amide bonds. The second-order valence-corrected chi connectivity index (χ2v) is 8.06. The molecule has 0 aliphatic carbocycles. The van der Waals surface area contributed by atoms with Gasteiger partial charge in [0.1, 0.15) is 6.54 Å². The number of rotatable bonds is 7. The van der Waals surface area contributed by atoms with Gasteiger partial charge in [0.05, 0.1) is 11.9 Å². The van der Waals surface area contributed by atoms with E-state index < -0.39 is 15.9 Å². The number of hydrogen-bond acceptors (Lipinski definition) is 5. The molecule has 0 radical (unpaired) electrons. The average molecular weight is 390 g/mol. The van der Waals surface area contributed by atoms with E-state index in [1.165, 1.54) is 29.2 Å². The minimum atomic E-state index is -3.68. The third-order valence-electron chi connectivity index (χ3n) is 3.71. The van der Waals surface area contributed by atoms with Crippen LogP contribution in [-0.4, -0.2) is 57.0 Å². The number of sulfonamides is 1. The first-order valence-electron chi connectivity index (χ1n) is 8.13. The molecule has 1 aromatic carbocycles. The van der Waals surface area contributed by atoms with Crippen molar-refractivity contribution in [3.8, 4) is 0 Å². The molecule has 9 heteroatoms. The Morgan fingerprint density at radius 2 is 1.78 bits per heavy atom. The van der Waals surface area contributed by atoms with E-state index in [2.05, 4.69) is 10.3 Å². The zero-order valence-electron chi connectivity index (χ0n) is 15.4. The van der Waals surface area contributed by atoms with E-state index in [0.717, 1.165) is 16.1 Å². The predicted octanol–water partition coefficient (Wildman–Crippen LogP) is 0.866. The quantitative estimate of drug-likeness (QED) is 0.756. The van der Waals surface area contributed by atoms with Crippen molar-refractivity contribution in [3.63, 3.8) is 0 Å². The molecule has 2 aromatic rings. The molecule has 0 aliphatic rings. The van der Waals surface area contributed by atoms with E-state index in [1.54, 1.807) is 32.6 Å². The Morgan fingerprint density at radius 1 is 1.11 bits per heavy atom. The van der Waals surface area contributed by atoms with Gasteiger partial charge in [-0.3, -0.25) is 18.9 Å². The van der Waals surface area contributed by atoms with Crippen LogP contribution in [0.25, 0.3) is 0 Å². The number of anilines is 1. The van der Waals surface area contributed by atoms with Crippen molar-refractivity contribution < 1.29 is 18.0 Å². The zero-order valence-corrected chi connectivity index (χ0v) is 16.2. The summed E-state index contributed by atoms with van der Waals surface area (Å²) in [5.41, 5.74) is 1.55. The highest BCUT2D eigenvalue weighted by atomic mass is 32.2. The maximum absolute atomic E-state index is 12.2. The molecular weight excluding hydrogens is 368 g/mol. The maximum Gasteiger partial charge on any atom is 0.253 e. The normalized spacial score (nSPS) is 10.9. The van der Waals surface area contributed by atoms with Crippen LogP contribution in [0.15, 0.2) is 48.8 Å². The first-order chi connectivity index (χ1) is 12.7. The van der Waals surface area contributed by atoms with Gasteiger partial charge < -0.3 is 10.2 Å². The molecule has 8 nitrogen and oxygen atoms in total. The maximum atomic E-state index is 12.2. The Balaban J connectivity index is 2.11. The van der Waals surface area contributed by atoms with Crippen LogP contribution in [-0.2, 0) is 21.4 Å². The van der Waals surface area contributed by atoms with Gasteiger partial charge in [0.2, 0.25) is 15.9 Å². The molecule has 0 aliphatic heterocycles. The first-order valence-corrected chi connectivity index (χ1v) is 9.98. The van der Waals surface area contributed by atoms with Crippen LogP contribution in [0.4, 0.5) is 5.69 Å². The third-order valence-corrected chi connectivity index (χ3v) is 4.85. The zero-order chi connectivity index (χ0) is 20.0. The van der Waals surface area contributed by atoms with Gasteiger partial charge in [0.15, 0.2) is 0 Å². The van der Waals surface area contributed by atoms with E-state index in [9.17, 15) is 18.0 Å². The molecule has 0 atom stereocenters. The third kappa shape index (κ3) is 5.78. The summed E-state index contributed by atoms with van der Waals surface area (Å²) < 4.78 is 25.3. The summed E-state index contributed by atoms with van der Waals surface area (Å²) >= 11 is 0. The van der Waals surface area contributed by atoms with Crippen molar-refractivity contribution >= 4 is 27.5 Å². The Labute approximate surface area is 158 Å². The number of aromatic nitrogens is 1. The van der Waals surface area contributed by atoms with Crippen molar-refractivity contribution in [1.82, 2.24) is 15.2 Å². The Hall–Kier alpha value is -2.94. The van der Waals surface area contributed by atoms with E-state index in [-0.39, 0.29) is 19.0 Å². The lowest BCUT2D eigenvalue weighted by atomic mass is 10.2. The Morgan fingerprint density at radius 3 is 2.30 bits per heavy atom. The highest BCUT2D eigenvalue weighted by molar-refractivity contribution is 7.92. The standard InChI is InChI=1S/C18H22N4O4S/c1-21(2)18(24)15-6-8-16(9-7-15)22(27(3,25)26)13-17(23)20-12-14-5-4-10-19-11-14/h4-11H,12-13H2,1-3H3,(H,20,23). The topological polar surface area (TPSA) is 99.7 Å². The second-order valence-electron chi connectivity index (χ2n) is 6.15. The lowest BCUT2D eigenvalue weighted by Gasteiger charge is -2.22. The summed E-state index contributed by atoms with van der Waals surface area (Å²) in [7, 11) is -0.419. The van der Waals surface area contributed by atoms with Crippen LogP contribution in [0.1, 0.15) is 15.9 Å². The predicted molar refractivity (Wildman–Crippen MR) is 103 cm³/mol. The largest absolute Gasteiger partial charge is 0.350 e. The Kier molecular flexibility index (Phi) is 6.51. The summed E-state index contributed by atoms with van der Waals surface area (Å²) in [4.78, 5) is 29.5. The summed E-state index contributed by atoms with van der Waals surface area (Å²) in [5.74, 6) is -0.639. The molecule has 0 bridgehead atoms. The second kappa shape index (κ2) is 8.63. The van der Waals surface area contributed by atoms with Gasteiger partial charge >= 0.3 is 0 Å². The van der Waals surface area contributed by atoms with E-state index in [0.29, 0.717) is 11.3 Å². The Bertz CT molecular complexity index is 897. The van der Waals surface area contributed by atoms with Crippen molar-refractivity contribution in [1.29, 1.82) is 0 Å². The fourth-order valence-corrected chi connectivity index (χ4v) is 3.17. The van der Waals surface area contributed by atoms with Crippen LogP contribution in [0.2, 0.25) is 0 Å². The summed E-state index contributed by atoms with van der Waals surface area (Å²) in [5, 5.41) is 2.67. The van der Waals surface area contributed by atoms with Gasteiger partial charge in [-0.05, 0) is 35.9 Å². The summed E-state index contributed by atoms with van der Waals surface area (Å²) in [6, 6.07) is 9.63. The van der Waals surface area contributed by atoms with Crippen molar-refractivity contribution in [3.05, 3.63) is 59.9 Å². The van der Waals surface area contributed by atoms with Gasteiger partial charge in [-0.1, -0.05) is 6.07 Å². The highest BCUT2D eigenvalue weighted by Gasteiger charge is 2.21. The van der Waals surface area contributed by atoms with Gasteiger partial charge in [-0.25, -0.2) is 8.42 Å². The van der Waals surface area contributed by atoms with Gasteiger partial charge in [0.25, 0.3) is 5.91 Å². The average Bonchev–Trinajstić information content (AvgIpc) is 2.64. The number of nitrogens with one attached hydrogen (secondary N) is 1. The number of carbonyl (C=O) groups excluding carboxylic acids is 2. The van der Waals surface area contributed by atoms with E-state index in [1.807, 2.05) is 6.07 Å². The number of pyridine rings is 1. The smallest absolute Gasteiger partial charge is 0.253 e. The monoisotopic (exact) mass is 390 g/mol. The van der Waals surface area contributed by atoms with Gasteiger partial charge in [-0.15, -0.1) is 0 Å². The van der Waals surface area contributed by atoms with Crippen LogP contribution >= 0.6 is 0 Å². The number of amides is 2. The van der Waals surface area contributed by atoms with Crippen LogP contribution in [0, 0.1) is 0 Å². The molecule has 2 rings (SSSR count). The molecule has 0 saturated heterocycles. The fourth-order valence-electron chi connectivity index (χ4n) is 2.32. The molecule has 144 valence electrons. The summed E-state index contributed by atoms with van der Waals surface area (Å²) in [6.07, 6.45) is 4.27. The van der Waals surface area contributed by atoms with Crippen molar-refractivity contribution in [2.75, 3.05) is 31.2 Å². The molecule has 1 heterocycles. The number of carbonyl (C=O) groups is 2. The lowest BCUT2D eigenvalue weighted by Crippen LogP contribution is -2.40. The molecular formula is C18H22N4O4S. The van der Waals surface area contributed by atoms with E-state index >= 15 is 0 Å². The van der Waals surface area contributed by atoms with Crippen LogP contribution in [0.3, 0.4) is 0 Å². The summed E-state index contributed by atoms with van der Waals surface area (Å²) in [6.45, 7) is -0.110. The number of nitrogens with zero attached hydrogens (tertiary/aromatic N) is 3. The number of hydrogen-bond donors (Lipinski definition) is 1. The van der Waals surface area contributed by atoms with E-state index in [4.69, 9.17) is 0 Å². The lowest BCUT2D eigenvalue weighted by molar-refractivity contribution is -0.119. The first kappa shape index (κ1) is 20.4. The molecule has 0 spiro atoms. The molecule has 0 saturated carbocycles. The van der Waals surface area contributed by atoms with Gasteiger partial charge in [-0.2, -0.15) is 0 Å². The van der Waals surface area contributed by atoms with Crippen molar-refractivity contribution in [2.24, 2.45) is 0 Å².